The van der Waals surface area contributed by atoms with Gasteiger partial charge in [-0.25, -0.2) is 0 Å². The Bertz CT molecular complexity index is 1300. The van der Waals surface area contributed by atoms with Gasteiger partial charge >= 0.3 is 0 Å². The number of anilines is 1. The van der Waals surface area contributed by atoms with E-state index in [1.54, 1.807) is 19.4 Å². The minimum atomic E-state index is -0.241. The van der Waals surface area contributed by atoms with Crippen molar-refractivity contribution in [1.29, 1.82) is 0 Å². The third-order valence-electron chi connectivity index (χ3n) is 5.44. The molecule has 1 N–H and O–H groups in total. The van der Waals surface area contributed by atoms with Crippen LogP contribution in [0, 0.1) is 13.8 Å². The highest BCUT2D eigenvalue weighted by atomic mass is 32.2. The summed E-state index contributed by atoms with van der Waals surface area (Å²) in [5, 5.41) is 12.2. The molecule has 178 valence electrons. The highest BCUT2D eigenvalue weighted by Gasteiger charge is 2.19. The van der Waals surface area contributed by atoms with Crippen LogP contribution in [0.4, 0.5) is 5.69 Å². The fourth-order valence-corrected chi connectivity index (χ4v) is 4.48. The van der Waals surface area contributed by atoms with Crippen LogP contribution in [0.5, 0.6) is 0 Å². The van der Waals surface area contributed by atoms with E-state index < -0.39 is 0 Å². The fourth-order valence-electron chi connectivity index (χ4n) is 3.59. The van der Waals surface area contributed by atoms with Crippen molar-refractivity contribution in [3.63, 3.8) is 0 Å². The van der Waals surface area contributed by atoms with Crippen molar-refractivity contribution in [1.82, 2.24) is 24.6 Å². The predicted molar refractivity (Wildman–Crippen MR) is 137 cm³/mol. The number of carbonyl (C=O) groups excluding carboxylic acids is 2. The lowest BCUT2D eigenvalue weighted by Crippen LogP contribution is -2.36. The average molecular weight is 487 g/mol. The minimum Gasteiger partial charge on any atom is -0.336 e. The highest BCUT2D eigenvalue weighted by molar-refractivity contribution is 7.99. The summed E-state index contributed by atoms with van der Waals surface area (Å²) in [6.45, 7) is 3.84. The van der Waals surface area contributed by atoms with Gasteiger partial charge in [0.05, 0.1) is 12.3 Å². The molecule has 2 heterocycles. The lowest BCUT2D eigenvalue weighted by molar-refractivity contribution is -0.131. The smallest absolute Gasteiger partial charge is 0.243 e. The summed E-state index contributed by atoms with van der Waals surface area (Å²) in [5.74, 6) is 0.331. The lowest BCUT2D eigenvalue weighted by atomic mass is 10.1. The number of benzene rings is 2. The second-order valence-electron chi connectivity index (χ2n) is 8.07. The van der Waals surface area contributed by atoms with E-state index in [-0.39, 0.29) is 24.1 Å². The van der Waals surface area contributed by atoms with Gasteiger partial charge in [-0.2, -0.15) is 0 Å². The fraction of sp³-hybridized carbons (Fsp3) is 0.192. The maximum Gasteiger partial charge on any atom is 0.243 e. The summed E-state index contributed by atoms with van der Waals surface area (Å²) >= 11 is 1.28. The number of likely N-dealkylation sites (N-methyl/N-ethyl adjacent to an activating group) is 1. The van der Waals surface area contributed by atoms with E-state index in [2.05, 4.69) is 20.5 Å². The molecular weight excluding hydrogens is 460 g/mol. The number of hydrogen-bond donors (Lipinski definition) is 1. The first-order valence-corrected chi connectivity index (χ1v) is 12.1. The number of thioether (sulfide) groups is 1. The van der Waals surface area contributed by atoms with E-state index in [1.165, 1.54) is 16.7 Å². The SMILES string of the molecule is Cc1cccc(C)c1NC(=O)CN(C)C(=O)CSc1nnc(-c2cccnc2)n1-c1ccccc1. The van der Waals surface area contributed by atoms with Gasteiger partial charge in [0.1, 0.15) is 0 Å². The molecule has 0 saturated heterocycles. The Kier molecular flexibility index (Phi) is 7.57. The van der Waals surface area contributed by atoms with Gasteiger partial charge in [-0.05, 0) is 49.2 Å². The number of nitrogens with one attached hydrogen (secondary N) is 1. The van der Waals surface area contributed by atoms with Crippen LogP contribution >= 0.6 is 11.8 Å². The maximum atomic E-state index is 12.8. The predicted octanol–water partition coefficient (Wildman–Crippen LogP) is 4.14. The van der Waals surface area contributed by atoms with E-state index in [9.17, 15) is 9.59 Å². The summed E-state index contributed by atoms with van der Waals surface area (Å²) in [6, 6.07) is 19.3. The second-order valence-corrected chi connectivity index (χ2v) is 9.01. The third kappa shape index (κ3) is 5.75. The van der Waals surface area contributed by atoms with Gasteiger partial charge in [-0.15, -0.1) is 10.2 Å². The lowest BCUT2D eigenvalue weighted by Gasteiger charge is -2.18. The van der Waals surface area contributed by atoms with Crippen LogP contribution in [-0.4, -0.2) is 55.8 Å². The number of para-hydroxylation sites is 2. The second kappa shape index (κ2) is 11.0. The van der Waals surface area contributed by atoms with Crippen molar-refractivity contribution >= 4 is 29.3 Å². The van der Waals surface area contributed by atoms with E-state index in [0.29, 0.717) is 11.0 Å². The normalized spacial score (nSPS) is 10.7. The number of pyridine rings is 1. The molecule has 0 aliphatic rings. The molecule has 0 unspecified atom stereocenters. The van der Waals surface area contributed by atoms with Crippen LogP contribution in [0.1, 0.15) is 11.1 Å². The van der Waals surface area contributed by atoms with Gasteiger partial charge in [-0.3, -0.25) is 19.1 Å². The molecule has 2 aromatic heterocycles. The Morgan fingerprint density at radius 3 is 2.40 bits per heavy atom. The summed E-state index contributed by atoms with van der Waals surface area (Å²) in [4.78, 5) is 31.0. The highest BCUT2D eigenvalue weighted by Crippen LogP contribution is 2.27. The van der Waals surface area contributed by atoms with Crippen molar-refractivity contribution < 1.29 is 9.59 Å². The number of aryl methyl sites for hydroxylation is 2. The molecule has 0 spiro atoms. The standard InChI is InChI=1S/C26H26N6O2S/c1-18-9-7-10-19(2)24(18)28-22(33)16-31(3)23(34)17-35-26-30-29-25(20-11-8-14-27-15-20)32(26)21-12-5-4-6-13-21/h4-15H,16-17H2,1-3H3,(H,28,33). The number of rotatable bonds is 8. The third-order valence-corrected chi connectivity index (χ3v) is 6.36. The molecule has 35 heavy (non-hydrogen) atoms. The van der Waals surface area contributed by atoms with Crippen molar-refractivity contribution in [3.05, 3.63) is 84.2 Å². The molecule has 2 aromatic carbocycles. The van der Waals surface area contributed by atoms with Crippen molar-refractivity contribution in [2.75, 3.05) is 24.7 Å². The first-order chi connectivity index (χ1) is 16.9. The molecule has 4 rings (SSSR count). The number of hydrogen-bond acceptors (Lipinski definition) is 6. The van der Waals surface area contributed by atoms with Gasteiger partial charge in [0.25, 0.3) is 0 Å². The molecule has 0 radical (unpaired) electrons. The Hall–Kier alpha value is -3.98. The summed E-state index contributed by atoms with van der Waals surface area (Å²) in [7, 11) is 1.62. The van der Waals surface area contributed by atoms with Crippen LogP contribution in [0.25, 0.3) is 17.1 Å². The van der Waals surface area contributed by atoms with Gasteiger partial charge < -0.3 is 10.2 Å². The van der Waals surface area contributed by atoms with Crippen LogP contribution in [-0.2, 0) is 9.59 Å². The molecule has 0 bridgehead atoms. The van der Waals surface area contributed by atoms with Crippen LogP contribution < -0.4 is 5.32 Å². The first kappa shape index (κ1) is 24.2. The molecule has 0 aliphatic carbocycles. The number of amides is 2. The zero-order valence-corrected chi connectivity index (χ0v) is 20.6. The molecule has 9 heteroatoms. The largest absolute Gasteiger partial charge is 0.336 e. The molecule has 8 nitrogen and oxygen atoms in total. The zero-order valence-electron chi connectivity index (χ0n) is 19.8. The number of carbonyl (C=O) groups is 2. The maximum absolute atomic E-state index is 12.8. The van der Waals surface area contributed by atoms with Crippen molar-refractivity contribution in [2.24, 2.45) is 0 Å². The summed E-state index contributed by atoms with van der Waals surface area (Å²) in [5.41, 5.74) is 4.45. The monoisotopic (exact) mass is 486 g/mol. The van der Waals surface area contributed by atoms with E-state index in [0.717, 1.165) is 28.1 Å². The molecule has 2 amide bonds. The van der Waals surface area contributed by atoms with E-state index in [4.69, 9.17) is 0 Å². The number of nitrogens with zero attached hydrogens (tertiary/aromatic N) is 5. The van der Waals surface area contributed by atoms with Gasteiger partial charge in [0.15, 0.2) is 11.0 Å². The number of aromatic nitrogens is 4. The molecule has 0 fully saturated rings. The Morgan fingerprint density at radius 1 is 0.971 bits per heavy atom. The van der Waals surface area contributed by atoms with Crippen LogP contribution in [0.2, 0.25) is 0 Å². The van der Waals surface area contributed by atoms with Crippen molar-refractivity contribution in [2.45, 2.75) is 19.0 Å². The van der Waals surface area contributed by atoms with Crippen molar-refractivity contribution in [3.8, 4) is 17.1 Å². The van der Waals surface area contributed by atoms with E-state index >= 15 is 0 Å². The molecule has 0 aliphatic heterocycles. The van der Waals surface area contributed by atoms with Crippen LogP contribution in [0.15, 0.2) is 78.2 Å². The topological polar surface area (TPSA) is 93.0 Å². The van der Waals surface area contributed by atoms with Gasteiger partial charge in [0, 0.05) is 36.4 Å². The Morgan fingerprint density at radius 2 is 1.71 bits per heavy atom. The quantitative estimate of drug-likeness (QED) is 0.377. The zero-order chi connectivity index (χ0) is 24.8. The Balaban J connectivity index is 1.45. The molecule has 0 saturated carbocycles. The molecule has 4 aromatic rings. The summed E-state index contributed by atoms with van der Waals surface area (Å²) < 4.78 is 1.91. The molecular formula is C26H26N6O2S. The van der Waals surface area contributed by atoms with E-state index in [1.807, 2.05) is 79.1 Å². The molecule has 0 atom stereocenters. The minimum absolute atomic E-state index is 0.0422. The van der Waals surface area contributed by atoms with Crippen LogP contribution in [0.3, 0.4) is 0 Å². The first-order valence-electron chi connectivity index (χ1n) is 11.1. The average Bonchev–Trinajstić information content (AvgIpc) is 3.30. The summed E-state index contributed by atoms with van der Waals surface area (Å²) in [6.07, 6.45) is 3.43. The van der Waals surface area contributed by atoms with Gasteiger partial charge in [0.2, 0.25) is 11.8 Å². The van der Waals surface area contributed by atoms with Gasteiger partial charge in [-0.1, -0.05) is 48.2 Å². The Labute approximate surface area is 208 Å².